The van der Waals surface area contributed by atoms with Crippen molar-refractivity contribution in [1.82, 2.24) is 9.55 Å². The van der Waals surface area contributed by atoms with Crippen LogP contribution >= 0.6 is 0 Å². The van der Waals surface area contributed by atoms with Crippen LogP contribution in [-0.2, 0) is 0 Å². The summed E-state index contributed by atoms with van der Waals surface area (Å²) in [5.74, 6) is -0.420. The molecule has 0 aliphatic carbocycles. The van der Waals surface area contributed by atoms with Gasteiger partial charge in [0.15, 0.2) is 0 Å². The first-order chi connectivity index (χ1) is 6.02. The van der Waals surface area contributed by atoms with E-state index >= 15 is 0 Å². The molecule has 0 radical (unpaired) electrons. The van der Waals surface area contributed by atoms with E-state index in [0.717, 1.165) is 4.57 Å². The first-order valence-electron chi connectivity index (χ1n) is 3.67. The molecule has 0 fully saturated rings. The topological polar surface area (TPSA) is 104 Å². The lowest BCUT2D eigenvalue weighted by Crippen LogP contribution is -2.38. The zero-order valence-corrected chi connectivity index (χ0v) is 7.10. The Kier molecular flexibility index (Phi) is 2.43. The fourth-order valence-corrected chi connectivity index (χ4v) is 0.803. The van der Waals surface area contributed by atoms with Crippen molar-refractivity contribution in [3.05, 3.63) is 22.7 Å². The van der Waals surface area contributed by atoms with Crippen LogP contribution in [0.5, 0.6) is 0 Å². The van der Waals surface area contributed by atoms with Crippen LogP contribution in [0.2, 0.25) is 0 Å². The summed E-state index contributed by atoms with van der Waals surface area (Å²) in [5, 5.41) is 0. The molecular formula is C7H10N4O2. The van der Waals surface area contributed by atoms with E-state index in [1.807, 2.05) is 0 Å². The van der Waals surface area contributed by atoms with Crippen LogP contribution in [0.25, 0.3) is 0 Å². The summed E-state index contributed by atoms with van der Waals surface area (Å²) >= 11 is 0. The molecule has 1 rings (SSSR count). The number of carbonyl (C=O) groups is 1. The van der Waals surface area contributed by atoms with Gasteiger partial charge in [-0.25, -0.2) is 9.36 Å². The number of nitrogen functional groups attached to an aromatic ring is 1. The molecule has 6 nitrogen and oxygen atoms in total. The van der Waals surface area contributed by atoms with E-state index in [1.165, 1.54) is 19.2 Å². The molecule has 0 spiro atoms. The Morgan fingerprint density at radius 3 is 2.77 bits per heavy atom. The van der Waals surface area contributed by atoms with Gasteiger partial charge >= 0.3 is 5.69 Å². The molecule has 4 N–H and O–H groups in total. The van der Waals surface area contributed by atoms with Gasteiger partial charge < -0.3 is 11.5 Å². The van der Waals surface area contributed by atoms with Gasteiger partial charge in [-0.15, -0.1) is 0 Å². The minimum absolute atomic E-state index is 0.0822. The first-order valence-corrected chi connectivity index (χ1v) is 3.67. The molecule has 6 heteroatoms. The van der Waals surface area contributed by atoms with Crippen molar-refractivity contribution >= 4 is 11.7 Å². The number of aromatic nitrogens is 2. The van der Waals surface area contributed by atoms with E-state index in [-0.39, 0.29) is 5.82 Å². The molecular weight excluding hydrogens is 172 g/mol. The predicted octanol–water partition coefficient (Wildman–Crippen LogP) is -1.19. The molecule has 1 aromatic rings. The number of nitrogens with two attached hydrogens (primary N) is 2. The average Bonchev–Trinajstić information content (AvgIpc) is 2.03. The molecule has 0 saturated heterocycles. The van der Waals surface area contributed by atoms with Crippen LogP contribution in [0, 0.1) is 0 Å². The number of carbonyl (C=O) groups excluding carboxylic acids is 1. The lowest BCUT2D eigenvalue weighted by Gasteiger charge is -2.05. The third-order valence-electron chi connectivity index (χ3n) is 1.45. The number of anilines is 1. The molecule has 0 aliphatic heterocycles. The monoisotopic (exact) mass is 182 g/mol. The van der Waals surface area contributed by atoms with Crippen molar-refractivity contribution in [3.63, 3.8) is 0 Å². The van der Waals surface area contributed by atoms with Crippen molar-refractivity contribution < 1.29 is 4.79 Å². The van der Waals surface area contributed by atoms with Crippen LogP contribution in [0.3, 0.4) is 0 Å². The molecule has 0 bridgehead atoms. The highest BCUT2D eigenvalue weighted by atomic mass is 16.2. The van der Waals surface area contributed by atoms with Crippen molar-refractivity contribution in [3.8, 4) is 0 Å². The Morgan fingerprint density at radius 1 is 1.69 bits per heavy atom. The lowest BCUT2D eigenvalue weighted by molar-refractivity contribution is 0.0880. The van der Waals surface area contributed by atoms with E-state index in [9.17, 15) is 9.59 Å². The summed E-state index contributed by atoms with van der Waals surface area (Å²) in [5.41, 5.74) is 9.84. The Labute approximate surface area is 74.2 Å². The Balaban J connectivity index is 3.17. The fraction of sp³-hybridized carbons (Fsp3) is 0.286. The highest BCUT2D eigenvalue weighted by Gasteiger charge is 2.11. The summed E-state index contributed by atoms with van der Waals surface area (Å²) in [6.07, 6.45) is 1.26. The van der Waals surface area contributed by atoms with Crippen LogP contribution in [-0.4, -0.2) is 21.5 Å². The Hall–Kier alpha value is -1.69. The molecule has 13 heavy (non-hydrogen) atoms. The smallest absolute Gasteiger partial charge is 0.356 e. The normalized spacial score (nSPS) is 12.5. The van der Waals surface area contributed by atoms with E-state index in [0.29, 0.717) is 0 Å². The van der Waals surface area contributed by atoms with E-state index < -0.39 is 17.6 Å². The first kappa shape index (κ1) is 9.40. The summed E-state index contributed by atoms with van der Waals surface area (Å²) in [4.78, 5) is 25.7. The lowest BCUT2D eigenvalue weighted by atomic mass is 10.3. The predicted molar refractivity (Wildman–Crippen MR) is 47.2 cm³/mol. The second-order valence-electron chi connectivity index (χ2n) is 2.63. The third kappa shape index (κ3) is 1.91. The summed E-state index contributed by atoms with van der Waals surface area (Å²) in [6, 6.07) is 0.630. The van der Waals surface area contributed by atoms with Gasteiger partial charge in [0.1, 0.15) is 5.82 Å². The third-order valence-corrected chi connectivity index (χ3v) is 1.45. The quantitative estimate of drug-likeness (QED) is 0.568. The molecule has 0 aromatic carbocycles. The fourth-order valence-electron chi connectivity index (χ4n) is 0.803. The second kappa shape index (κ2) is 3.36. The van der Waals surface area contributed by atoms with Crippen molar-refractivity contribution in [2.75, 3.05) is 5.73 Å². The standard InChI is InChI=1S/C7H10N4O2/c1-4(8)6(12)11-3-2-5(9)10-7(11)13/h2-4H,8H2,1H3,(H2,9,10,13)/t4-/m0/s1. The van der Waals surface area contributed by atoms with Gasteiger partial charge in [-0.05, 0) is 13.0 Å². The van der Waals surface area contributed by atoms with Crippen molar-refractivity contribution in [2.45, 2.75) is 13.0 Å². The van der Waals surface area contributed by atoms with Crippen LogP contribution < -0.4 is 17.2 Å². The Morgan fingerprint density at radius 2 is 2.31 bits per heavy atom. The number of hydrogen-bond acceptors (Lipinski definition) is 5. The SMILES string of the molecule is C[C@H](N)C(=O)n1ccc(N)nc1=O. The van der Waals surface area contributed by atoms with Crippen LogP contribution in [0.1, 0.15) is 11.7 Å². The second-order valence-corrected chi connectivity index (χ2v) is 2.63. The maximum absolute atomic E-state index is 11.2. The molecule has 1 atom stereocenters. The summed E-state index contributed by atoms with van der Waals surface area (Å²) < 4.78 is 0.834. The van der Waals surface area contributed by atoms with E-state index in [4.69, 9.17) is 11.5 Å². The van der Waals surface area contributed by atoms with Gasteiger partial charge in [-0.3, -0.25) is 4.79 Å². The highest BCUT2D eigenvalue weighted by Crippen LogP contribution is 1.90. The van der Waals surface area contributed by atoms with Gasteiger partial charge in [0.25, 0.3) is 5.91 Å². The maximum atomic E-state index is 11.2. The largest absolute Gasteiger partial charge is 0.383 e. The van der Waals surface area contributed by atoms with Gasteiger partial charge in [-0.2, -0.15) is 4.98 Å². The van der Waals surface area contributed by atoms with Gasteiger partial charge in [-0.1, -0.05) is 0 Å². The van der Waals surface area contributed by atoms with Crippen molar-refractivity contribution in [2.24, 2.45) is 5.73 Å². The van der Waals surface area contributed by atoms with Crippen LogP contribution in [0.4, 0.5) is 5.82 Å². The zero-order chi connectivity index (χ0) is 10.0. The van der Waals surface area contributed by atoms with E-state index in [1.54, 1.807) is 0 Å². The molecule has 70 valence electrons. The van der Waals surface area contributed by atoms with Crippen molar-refractivity contribution in [1.29, 1.82) is 0 Å². The minimum Gasteiger partial charge on any atom is -0.383 e. The average molecular weight is 182 g/mol. The summed E-state index contributed by atoms with van der Waals surface area (Å²) in [7, 11) is 0. The number of hydrogen-bond donors (Lipinski definition) is 2. The molecule has 0 amide bonds. The minimum atomic E-state index is -0.733. The van der Waals surface area contributed by atoms with Gasteiger partial charge in [0, 0.05) is 6.20 Å². The molecule has 0 saturated carbocycles. The number of nitrogens with zero attached hydrogens (tertiary/aromatic N) is 2. The summed E-state index contributed by atoms with van der Waals surface area (Å²) in [6.45, 7) is 1.49. The molecule has 0 unspecified atom stereocenters. The van der Waals surface area contributed by atoms with E-state index in [2.05, 4.69) is 4.98 Å². The molecule has 1 aromatic heterocycles. The van der Waals surface area contributed by atoms with Crippen LogP contribution in [0.15, 0.2) is 17.1 Å². The molecule has 1 heterocycles. The molecule has 0 aliphatic rings. The van der Waals surface area contributed by atoms with Gasteiger partial charge in [0.05, 0.1) is 6.04 Å². The number of rotatable bonds is 1. The zero-order valence-electron chi connectivity index (χ0n) is 7.10. The highest BCUT2D eigenvalue weighted by molar-refractivity contribution is 5.83. The van der Waals surface area contributed by atoms with Gasteiger partial charge in [0.2, 0.25) is 0 Å². The maximum Gasteiger partial charge on any atom is 0.356 e. The Bertz CT molecular complexity index is 382.